The first kappa shape index (κ1) is 30.7. The number of carbonyl (C=O) groups is 2. The molecule has 12 heteroatoms. The molecule has 3 atom stereocenters. The number of para-hydroxylation sites is 1. The van der Waals surface area contributed by atoms with Gasteiger partial charge in [0.05, 0.1) is 42.4 Å². The fourth-order valence-corrected chi connectivity index (χ4v) is 5.67. The van der Waals surface area contributed by atoms with Crippen molar-refractivity contribution in [3.05, 3.63) is 78.4 Å². The number of urea groups is 1. The molecule has 11 nitrogen and oxygen atoms in total. The number of nitrogens with one attached hydrogen (secondary N) is 2. The zero-order valence-corrected chi connectivity index (χ0v) is 24.8. The summed E-state index contributed by atoms with van der Waals surface area (Å²) in [5.41, 5.74) is 0.812. The van der Waals surface area contributed by atoms with Crippen molar-refractivity contribution in [1.29, 1.82) is 0 Å². The predicted octanol–water partition coefficient (Wildman–Crippen LogP) is 3.88. The van der Waals surface area contributed by atoms with Gasteiger partial charge in [0.1, 0.15) is 11.9 Å². The first-order chi connectivity index (χ1) is 20.0. The Balaban J connectivity index is 1.66. The maximum atomic E-state index is 13.7. The molecular formula is C30H36N4O7S. The molecule has 0 spiro atoms. The lowest BCUT2D eigenvalue weighted by atomic mass is 9.99. The van der Waals surface area contributed by atoms with Crippen LogP contribution in [0.15, 0.2) is 77.7 Å². The molecule has 0 radical (unpaired) electrons. The van der Waals surface area contributed by atoms with Gasteiger partial charge in [-0.2, -0.15) is 0 Å². The van der Waals surface area contributed by atoms with Crippen molar-refractivity contribution in [3.8, 4) is 11.5 Å². The number of amides is 3. The molecule has 3 aromatic carbocycles. The highest BCUT2D eigenvalue weighted by Gasteiger charge is 2.35. The topological polar surface area (TPSA) is 138 Å². The van der Waals surface area contributed by atoms with E-state index in [4.69, 9.17) is 9.47 Å². The molecular weight excluding hydrogens is 560 g/mol. The van der Waals surface area contributed by atoms with Crippen LogP contribution < -0.4 is 19.5 Å². The lowest BCUT2D eigenvalue weighted by molar-refractivity contribution is 0.0373. The maximum absolute atomic E-state index is 13.7. The molecule has 3 N–H and O–H groups in total. The van der Waals surface area contributed by atoms with E-state index in [2.05, 4.69) is 10.0 Å². The van der Waals surface area contributed by atoms with Gasteiger partial charge >= 0.3 is 6.03 Å². The predicted molar refractivity (Wildman–Crippen MR) is 159 cm³/mol. The molecule has 224 valence electrons. The minimum absolute atomic E-state index is 0.0511. The fourth-order valence-electron chi connectivity index (χ4n) is 4.59. The Morgan fingerprint density at radius 3 is 2.45 bits per heavy atom. The van der Waals surface area contributed by atoms with Crippen molar-refractivity contribution in [2.45, 2.75) is 30.9 Å². The second-order valence-electron chi connectivity index (χ2n) is 10.3. The molecule has 1 aliphatic rings. The van der Waals surface area contributed by atoms with E-state index in [-0.39, 0.29) is 53.5 Å². The summed E-state index contributed by atoms with van der Waals surface area (Å²) in [6, 6.07) is 18.5. The third-order valence-corrected chi connectivity index (χ3v) is 8.51. The van der Waals surface area contributed by atoms with Gasteiger partial charge in [-0.3, -0.25) is 9.52 Å². The van der Waals surface area contributed by atoms with Crippen LogP contribution in [-0.4, -0.2) is 81.3 Å². The summed E-state index contributed by atoms with van der Waals surface area (Å²) in [5, 5.41) is 12.7. The van der Waals surface area contributed by atoms with Gasteiger partial charge in [-0.25, -0.2) is 13.2 Å². The van der Waals surface area contributed by atoms with Gasteiger partial charge in [-0.05, 0) is 55.5 Å². The summed E-state index contributed by atoms with van der Waals surface area (Å²) in [4.78, 5) is 29.8. The molecule has 0 saturated carbocycles. The molecule has 3 aromatic rings. The first-order valence-corrected chi connectivity index (χ1v) is 15.0. The van der Waals surface area contributed by atoms with Crippen LogP contribution in [0.1, 0.15) is 24.2 Å². The molecule has 0 fully saturated rings. The van der Waals surface area contributed by atoms with Crippen LogP contribution in [-0.2, 0) is 10.0 Å². The Morgan fingerprint density at radius 2 is 1.81 bits per heavy atom. The number of hydrogen-bond donors (Lipinski definition) is 3. The van der Waals surface area contributed by atoms with Gasteiger partial charge < -0.3 is 29.7 Å². The SMILES string of the molecule is COc1ccc(NC(=O)N(C)C[C@H]2Oc3c(NS(=O)(=O)c4ccccc4)cccc3C(=O)N([C@H](C)CO)C[C@H]2C)cc1. The Morgan fingerprint density at radius 1 is 1.12 bits per heavy atom. The third-order valence-electron chi connectivity index (χ3n) is 7.13. The van der Waals surface area contributed by atoms with Gasteiger partial charge in [-0.1, -0.05) is 31.2 Å². The quantitative estimate of drug-likeness (QED) is 0.341. The summed E-state index contributed by atoms with van der Waals surface area (Å²) in [5.74, 6) is 0.0126. The number of hydrogen-bond acceptors (Lipinski definition) is 7. The number of anilines is 2. The Labute approximate surface area is 246 Å². The van der Waals surface area contributed by atoms with Crippen LogP contribution in [0.25, 0.3) is 0 Å². The van der Waals surface area contributed by atoms with E-state index in [1.807, 2.05) is 6.92 Å². The van der Waals surface area contributed by atoms with Crippen LogP contribution in [0.2, 0.25) is 0 Å². The van der Waals surface area contributed by atoms with Crippen LogP contribution in [0.3, 0.4) is 0 Å². The molecule has 0 saturated heterocycles. The Bertz CT molecular complexity index is 1500. The minimum atomic E-state index is -4.01. The summed E-state index contributed by atoms with van der Waals surface area (Å²) in [7, 11) is -0.823. The van der Waals surface area contributed by atoms with Crippen molar-refractivity contribution in [1.82, 2.24) is 9.80 Å². The van der Waals surface area contributed by atoms with Crippen LogP contribution in [0, 0.1) is 5.92 Å². The number of likely N-dealkylation sites (N-methyl/N-ethyl adjacent to an activating group) is 1. The lowest BCUT2D eigenvalue weighted by Crippen LogP contribution is -2.50. The van der Waals surface area contributed by atoms with E-state index in [1.54, 1.807) is 80.6 Å². The van der Waals surface area contributed by atoms with Crippen molar-refractivity contribution in [2.75, 3.05) is 43.9 Å². The zero-order chi connectivity index (χ0) is 30.4. The molecule has 42 heavy (non-hydrogen) atoms. The highest BCUT2D eigenvalue weighted by molar-refractivity contribution is 7.92. The second-order valence-corrected chi connectivity index (χ2v) is 11.9. The zero-order valence-electron chi connectivity index (χ0n) is 24.0. The number of carbonyl (C=O) groups excluding carboxylic acids is 2. The lowest BCUT2D eigenvalue weighted by Gasteiger charge is -2.38. The van der Waals surface area contributed by atoms with E-state index < -0.39 is 28.1 Å². The van der Waals surface area contributed by atoms with Crippen molar-refractivity contribution in [2.24, 2.45) is 5.92 Å². The number of aliphatic hydroxyl groups is 1. The summed E-state index contributed by atoms with van der Waals surface area (Å²) in [6.45, 7) is 3.73. The molecule has 0 aliphatic carbocycles. The Kier molecular flexibility index (Phi) is 9.59. The molecule has 1 heterocycles. The van der Waals surface area contributed by atoms with Gasteiger partial charge in [-0.15, -0.1) is 0 Å². The minimum Gasteiger partial charge on any atom is -0.497 e. The van der Waals surface area contributed by atoms with E-state index >= 15 is 0 Å². The standard InChI is InChI=1S/C30H36N4O7S/c1-20-17-34(21(2)19-35)29(36)25-11-8-12-26(32-42(38,39)24-9-6-5-7-10-24)28(25)41-27(20)18-33(3)30(37)31-22-13-15-23(40-4)16-14-22/h5-16,20-21,27,32,35H,17-19H2,1-4H3,(H,31,37)/t20-,21-,27-/m1/s1. The second kappa shape index (κ2) is 13.1. The number of fused-ring (bicyclic) bond motifs is 1. The average Bonchev–Trinajstić information content (AvgIpc) is 2.99. The number of benzene rings is 3. The normalized spacial score (nSPS) is 17.6. The summed E-state index contributed by atoms with van der Waals surface area (Å²) >= 11 is 0. The number of methoxy groups -OCH3 is 1. The third kappa shape index (κ3) is 6.94. The fraction of sp³-hybridized carbons (Fsp3) is 0.333. The number of ether oxygens (including phenoxy) is 2. The van der Waals surface area contributed by atoms with E-state index in [0.29, 0.717) is 11.4 Å². The number of rotatable bonds is 9. The average molecular weight is 597 g/mol. The molecule has 0 bridgehead atoms. The monoisotopic (exact) mass is 596 g/mol. The maximum Gasteiger partial charge on any atom is 0.321 e. The van der Waals surface area contributed by atoms with Crippen molar-refractivity contribution in [3.63, 3.8) is 0 Å². The molecule has 4 rings (SSSR count). The molecule has 0 unspecified atom stereocenters. The largest absolute Gasteiger partial charge is 0.497 e. The first-order valence-electron chi connectivity index (χ1n) is 13.5. The molecule has 0 aromatic heterocycles. The number of aliphatic hydroxyl groups excluding tert-OH is 1. The van der Waals surface area contributed by atoms with E-state index in [1.165, 1.54) is 23.1 Å². The number of sulfonamides is 1. The van der Waals surface area contributed by atoms with Gasteiger partial charge in [0.2, 0.25) is 0 Å². The summed E-state index contributed by atoms with van der Waals surface area (Å²) < 4.78 is 40.6. The highest BCUT2D eigenvalue weighted by Crippen LogP contribution is 2.36. The Hall–Kier alpha value is -4.29. The van der Waals surface area contributed by atoms with Crippen LogP contribution >= 0.6 is 0 Å². The molecule has 3 amide bonds. The molecule has 1 aliphatic heterocycles. The van der Waals surface area contributed by atoms with Crippen molar-refractivity contribution >= 4 is 33.3 Å². The smallest absolute Gasteiger partial charge is 0.321 e. The van der Waals surface area contributed by atoms with Crippen LogP contribution in [0.4, 0.5) is 16.2 Å². The van der Waals surface area contributed by atoms with Gasteiger partial charge in [0, 0.05) is 25.2 Å². The van der Waals surface area contributed by atoms with Crippen LogP contribution in [0.5, 0.6) is 11.5 Å². The van der Waals surface area contributed by atoms with E-state index in [0.717, 1.165) is 0 Å². The van der Waals surface area contributed by atoms with Gasteiger partial charge in [0.25, 0.3) is 15.9 Å². The van der Waals surface area contributed by atoms with Gasteiger partial charge in [0.15, 0.2) is 5.75 Å². The summed E-state index contributed by atoms with van der Waals surface area (Å²) in [6.07, 6.45) is -0.640. The highest BCUT2D eigenvalue weighted by atomic mass is 32.2. The number of nitrogens with zero attached hydrogens (tertiary/aromatic N) is 2. The van der Waals surface area contributed by atoms with E-state index in [9.17, 15) is 23.1 Å². The van der Waals surface area contributed by atoms with Crippen molar-refractivity contribution < 1.29 is 32.6 Å².